The van der Waals surface area contributed by atoms with Gasteiger partial charge in [0.05, 0.1) is 20.0 Å². The molecule has 1 aromatic carbocycles. The van der Waals surface area contributed by atoms with Gasteiger partial charge in [-0.15, -0.1) is 11.8 Å². The minimum atomic E-state index is -0.480. The zero-order valence-electron chi connectivity index (χ0n) is 11.2. The van der Waals surface area contributed by atoms with Crippen LogP contribution in [0.2, 0.25) is 0 Å². The van der Waals surface area contributed by atoms with Crippen LogP contribution in [0.25, 0.3) is 0 Å². The van der Waals surface area contributed by atoms with Crippen LogP contribution in [-0.2, 0) is 10.5 Å². The van der Waals surface area contributed by atoms with Crippen LogP contribution in [0, 0.1) is 0 Å². The SMILES string of the molecule is COC(=O)c1ccc(CSc2ccc(N)cc2OC)o1. The summed E-state index contributed by atoms with van der Waals surface area (Å²) >= 11 is 1.54. The van der Waals surface area contributed by atoms with Crippen LogP contribution >= 0.6 is 11.8 Å². The lowest BCUT2D eigenvalue weighted by Crippen LogP contribution is -1.98. The first-order valence-corrected chi connectivity index (χ1v) is 6.86. The largest absolute Gasteiger partial charge is 0.496 e. The summed E-state index contributed by atoms with van der Waals surface area (Å²) in [4.78, 5) is 12.2. The number of hydrogen-bond acceptors (Lipinski definition) is 6. The Kier molecular flexibility index (Phi) is 4.57. The van der Waals surface area contributed by atoms with Gasteiger partial charge in [-0.1, -0.05) is 0 Å². The average Bonchev–Trinajstić information content (AvgIpc) is 2.93. The molecule has 0 amide bonds. The molecule has 106 valence electrons. The number of rotatable bonds is 5. The van der Waals surface area contributed by atoms with E-state index in [0.717, 1.165) is 10.6 Å². The van der Waals surface area contributed by atoms with E-state index in [1.807, 2.05) is 12.1 Å². The van der Waals surface area contributed by atoms with E-state index in [1.54, 1.807) is 25.3 Å². The molecule has 6 heteroatoms. The number of carbonyl (C=O) groups is 1. The Balaban J connectivity index is 2.05. The van der Waals surface area contributed by atoms with Crippen molar-refractivity contribution < 1.29 is 18.7 Å². The Bertz CT molecular complexity index is 609. The molecule has 0 bridgehead atoms. The molecule has 0 aliphatic heterocycles. The third kappa shape index (κ3) is 3.27. The third-order valence-electron chi connectivity index (χ3n) is 2.61. The zero-order valence-corrected chi connectivity index (χ0v) is 12.0. The maximum Gasteiger partial charge on any atom is 0.373 e. The van der Waals surface area contributed by atoms with Crippen molar-refractivity contribution in [1.82, 2.24) is 0 Å². The highest BCUT2D eigenvalue weighted by atomic mass is 32.2. The van der Waals surface area contributed by atoms with Crippen LogP contribution in [-0.4, -0.2) is 20.2 Å². The number of anilines is 1. The van der Waals surface area contributed by atoms with Crippen molar-refractivity contribution in [2.45, 2.75) is 10.6 Å². The van der Waals surface area contributed by atoms with E-state index in [2.05, 4.69) is 4.74 Å². The lowest BCUT2D eigenvalue weighted by atomic mass is 10.3. The van der Waals surface area contributed by atoms with Gasteiger partial charge >= 0.3 is 5.97 Å². The summed E-state index contributed by atoms with van der Waals surface area (Å²) in [6, 6.07) is 8.82. The van der Waals surface area contributed by atoms with Crippen molar-refractivity contribution in [3.05, 3.63) is 41.9 Å². The first kappa shape index (κ1) is 14.3. The van der Waals surface area contributed by atoms with E-state index >= 15 is 0 Å². The lowest BCUT2D eigenvalue weighted by molar-refractivity contribution is 0.0563. The topological polar surface area (TPSA) is 74.7 Å². The van der Waals surface area contributed by atoms with Gasteiger partial charge in [-0.05, 0) is 24.3 Å². The summed E-state index contributed by atoms with van der Waals surface area (Å²) in [5.74, 6) is 1.71. The predicted molar refractivity (Wildman–Crippen MR) is 77.0 cm³/mol. The van der Waals surface area contributed by atoms with E-state index in [0.29, 0.717) is 17.2 Å². The molecule has 2 aromatic rings. The van der Waals surface area contributed by atoms with E-state index in [4.69, 9.17) is 14.9 Å². The number of ether oxygens (including phenoxy) is 2. The van der Waals surface area contributed by atoms with Crippen molar-refractivity contribution >= 4 is 23.4 Å². The molecule has 0 spiro atoms. The summed E-state index contributed by atoms with van der Waals surface area (Å²) < 4.78 is 15.3. The number of carbonyl (C=O) groups excluding carboxylic acids is 1. The minimum Gasteiger partial charge on any atom is -0.496 e. The number of hydrogen-bond donors (Lipinski definition) is 1. The van der Waals surface area contributed by atoms with Crippen LogP contribution in [0.1, 0.15) is 16.3 Å². The van der Waals surface area contributed by atoms with Gasteiger partial charge in [0.15, 0.2) is 0 Å². The Morgan fingerprint density at radius 1 is 1.30 bits per heavy atom. The molecule has 0 atom stereocenters. The first-order chi connectivity index (χ1) is 9.63. The molecule has 20 heavy (non-hydrogen) atoms. The van der Waals surface area contributed by atoms with E-state index in [1.165, 1.54) is 18.9 Å². The number of methoxy groups -OCH3 is 2. The summed E-state index contributed by atoms with van der Waals surface area (Å²) in [6.07, 6.45) is 0. The monoisotopic (exact) mass is 293 g/mol. The molecule has 2 rings (SSSR count). The minimum absolute atomic E-state index is 0.201. The molecular formula is C14H15NO4S. The van der Waals surface area contributed by atoms with E-state index in [-0.39, 0.29) is 5.76 Å². The maximum atomic E-state index is 11.3. The van der Waals surface area contributed by atoms with Crippen LogP contribution in [0.3, 0.4) is 0 Å². The molecule has 0 aliphatic carbocycles. The van der Waals surface area contributed by atoms with Gasteiger partial charge in [0, 0.05) is 16.6 Å². The third-order valence-corrected chi connectivity index (χ3v) is 3.68. The molecule has 0 radical (unpaired) electrons. The summed E-state index contributed by atoms with van der Waals surface area (Å²) in [6.45, 7) is 0. The van der Waals surface area contributed by atoms with E-state index in [9.17, 15) is 4.79 Å². The van der Waals surface area contributed by atoms with Crippen LogP contribution < -0.4 is 10.5 Å². The normalized spacial score (nSPS) is 10.3. The summed E-state index contributed by atoms with van der Waals surface area (Å²) in [7, 11) is 2.92. The fraction of sp³-hybridized carbons (Fsp3) is 0.214. The lowest BCUT2D eigenvalue weighted by Gasteiger charge is -2.07. The van der Waals surface area contributed by atoms with Crippen molar-refractivity contribution in [2.75, 3.05) is 20.0 Å². The van der Waals surface area contributed by atoms with Crippen molar-refractivity contribution in [1.29, 1.82) is 0 Å². The van der Waals surface area contributed by atoms with Gasteiger partial charge in [0.1, 0.15) is 11.5 Å². The molecule has 1 aromatic heterocycles. The number of esters is 1. The average molecular weight is 293 g/mol. The van der Waals surface area contributed by atoms with Crippen LogP contribution in [0.15, 0.2) is 39.6 Å². The quantitative estimate of drug-likeness (QED) is 0.519. The second-order valence-electron chi connectivity index (χ2n) is 3.96. The Morgan fingerprint density at radius 3 is 2.80 bits per heavy atom. The second kappa shape index (κ2) is 6.38. The van der Waals surface area contributed by atoms with Gasteiger partial charge in [-0.3, -0.25) is 0 Å². The van der Waals surface area contributed by atoms with Gasteiger partial charge in [0.2, 0.25) is 5.76 Å². The number of nitrogens with two attached hydrogens (primary N) is 1. The molecule has 2 N–H and O–H groups in total. The summed E-state index contributed by atoms with van der Waals surface area (Å²) in [5.41, 5.74) is 6.35. The predicted octanol–water partition coefficient (Wildman–Crippen LogP) is 2.95. The van der Waals surface area contributed by atoms with Gasteiger partial charge in [-0.25, -0.2) is 4.79 Å². The number of benzene rings is 1. The number of thioether (sulfide) groups is 1. The number of furan rings is 1. The zero-order chi connectivity index (χ0) is 14.5. The molecule has 0 fully saturated rings. The van der Waals surface area contributed by atoms with Crippen molar-refractivity contribution in [3.8, 4) is 5.75 Å². The second-order valence-corrected chi connectivity index (χ2v) is 4.97. The number of nitrogen functional groups attached to an aromatic ring is 1. The molecule has 0 saturated heterocycles. The highest BCUT2D eigenvalue weighted by Gasteiger charge is 2.12. The smallest absolute Gasteiger partial charge is 0.373 e. The molecule has 0 unspecified atom stereocenters. The molecule has 5 nitrogen and oxygen atoms in total. The fourth-order valence-corrected chi connectivity index (χ4v) is 2.52. The van der Waals surface area contributed by atoms with Crippen molar-refractivity contribution in [3.63, 3.8) is 0 Å². The highest BCUT2D eigenvalue weighted by molar-refractivity contribution is 7.98. The molecule has 1 heterocycles. The molecular weight excluding hydrogens is 278 g/mol. The standard InChI is InChI=1S/C14H15NO4S/c1-17-12-7-9(15)3-6-13(12)20-8-10-4-5-11(19-10)14(16)18-2/h3-7H,8,15H2,1-2H3. The Morgan fingerprint density at radius 2 is 2.10 bits per heavy atom. The van der Waals surface area contributed by atoms with Gasteiger partial charge in [-0.2, -0.15) is 0 Å². The van der Waals surface area contributed by atoms with Crippen LogP contribution in [0.5, 0.6) is 5.75 Å². The van der Waals surface area contributed by atoms with Gasteiger partial charge in [0.25, 0.3) is 0 Å². The first-order valence-electron chi connectivity index (χ1n) is 5.87. The fourth-order valence-electron chi connectivity index (χ4n) is 1.62. The van der Waals surface area contributed by atoms with Gasteiger partial charge < -0.3 is 19.6 Å². The van der Waals surface area contributed by atoms with Crippen LogP contribution in [0.4, 0.5) is 5.69 Å². The Hall–Kier alpha value is -2.08. The summed E-state index contributed by atoms with van der Waals surface area (Å²) in [5, 5.41) is 0. The maximum absolute atomic E-state index is 11.3. The van der Waals surface area contributed by atoms with E-state index < -0.39 is 5.97 Å². The van der Waals surface area contributed by atoms with Crippen molar-refractivity contribution in [2.24, 2.45) is 0 Å². The molecule has 0 saturated carbocycles. The Labute approximate surface area is 121 Å². The molecule has 0 aliphatic rings. The highest BCUT2D eigenvalue weighted by Crippen LogP contribution is 2.33.